The third-order valence-electron chi connectivity index (χ3n) is 3.48. The Morgan fingerprint density at radius 3 is 2.79 bits per heavy atom. The number of ether oxygens (including phenoxy) is 2. The van der Waals surface area contributed by atoms with E-state index in [0.717, 1.165) is 19.4 Å². The lowest BCUT2D eigenvalue weighted by atomic mass is 10.1. The topological polar surface area (TPSA) is 76.7 Å². The third-order valence-corrected chi connectivity index (χ3v) is 3.48. The second-order valence-electron chi connectivity index (χ2n) is 6.95. The molecular weight excluding hydrogens is 308 g/mol. The summed E-state index contributed by atoms with van der Waals surface area (Å²) in [6.07, 6.45) is 2.19. The standard InChI is InChI=1S/C18H26N2O4/c1-18(2,3)20-16(21)11-19-17(22)13-6-4-7-14(10-13)24-12-15-8-5-9-23-15/h4,6-7,10,15H,5,8-9,11-12H2,1-3H3,(H,19,22)(H,20,21). The Bertz CT molecular complexity index is 575. The number of hydrogen-bond acceptors (Lipinski definition) is 4. The van der Waals surface area contributed by atoms with E-state index >= 15 is 0 Å². The van der Waals surface area contributed by atoms with Crippen molar-refractivity contribution < 1.29 is 19.1 Å². The van der Waals surface area contributed by atoms with E-state index < -0.39 is 0 Å². The van der Waals surface area contributed by atoms with Gasteiger partial charge in [-0.25, -0.2) is 0 Å². The summed E-state index contributed by atoms with van der Waals surface area (Å²) in [5, 5.41) is 5.41. The van der Waals surface area contributed by atoms with Gasteiger partial charge in [-0.15, -0.1) is 0 Å². The Morgan fingerprint density at radius 1 is 1.33 bits per heavy atom. The monoisotopic (exact) mass is 334 g/mol. The van der Waals surface area contributed by atoms with Gasteiger partial charge in [0.1, 0.15) is 12.4 Å². The number of hydrogen-bond donors (Lipinski definition) is 2. The van der Waals surface area contributed by atoms with Crippen LogP contribution in [0.4, 0.5) is 0 Å². The molecule has 0 bridgehead atoms. The Hall–Kier alpha value is -2.08. The van der Waals surface area contributed by atoms with Crippen molar-refractivity contribution in [2.24, 2.45) is 0 Å². The van der Waals surface area contributed by atoms with Gasteiger partial charge < -0.3 is 20.1 Å². The van der Waals surface area contributed by atoms with Crippen LogP contribution < -0.4 is 15.4 Å². The molecule has 0 radical (unpaired) electrons. The number of carbonyl (C=O) groups excluding carboxylic acids is 2. The Labute approximate surface area is 142 Å². The SMILES string of the molecule is CC(C)(C)NC(=O)CNC(=O)c1cccc(OCC2CCCO2)c1. The average molecular weight is 334 g/mol. The van der Waals surface area contributed by atoms with E-state index in [4.69, 9.17) is 9.47 Å². The highest BCUT2D eigenvalue weighted by Gasteiger charge is 2.17. The summed E-state index contributed by atoms with van der Waals surface area (Å²) >= 11 is 0. The molecule has 1 fully saturated rings. The second kappa shape index (κ2) is 8.15. The van der Waals surface area contributed by atoms with Gasteiger partial charge in [-0.3, -0.25) is 9.59 Å². The van der Waals surface area contributed by atoms with Crippen molar-refractivity contribution in [3.63, 3.8) is 0 Å². The third kappa shape index (κ3) is 6.20. The lowest BCUT2D eigenvalue weighted by Gasteiger charge is -2.20. The van der Waals surface area contributed by atoms with E-state index in [1.165, 1.54) is 0 Å². The number of nitrogens with one attached hydrogen (secondary N) is 2. The minimum absolute atomic E-state index is 0.0584. The molecule has 6 nitrogen and oxygen atoms in total. The molecule has 132 valence electrons. The maximum atomic E-state index is 12.2. The molecular formula is C18H26N2O4. The van der Waals surface area contributed by atoms with Crippen molar-refractivity contribution in [2.75, 3.05) is 19.8 Å². The maximum absolute atomic E-state index is 12.2. The van der Waals surface area contributed by atoms with Crippen molar-refractivity contribution >= 4 is 11.8 Å². The molecule has 2 amide bonds. The zero-order valence-electron chi connectivity index (χ0n) is 14.6. The van der Waals surface area contributed by atoms with Crippen molar-refractivity contribution in [1.82, 2.24) is 10.6 Å². The van der Waals surface area contributed by atoms with E-state index in [2.05, 4.69) is 10.6 Å². The van der Waals surface area contributed by atoms with E-state index in [-0.39, 0.29) is 30.0 Å². The molecule has 1 aliphatic rings. The molecule has 1 unspecified atom stereocenters. The first kappa shape index (κ1) is 18.3. The Balaban J connectivity index is 1.83. The number of carbonyl (C=O) groups is 2. The quantitative estimate of drug-likeness (QED) is 0.833. The van der Waals surface area contributed by atoms with Gasteiger partial charge in [0.15, 0.2) is 0 Å². The lowest BCUT2D eigenvalue weighted by Crippen LogP contribution is -2.45. The first-order valence-corrected chi connectivity index (χ1v) is 8.27. The molecule has 1 heterocycles. The summed E-state index contributed by atoms with van der Waals surface area (Å²) in [5.41, 5.74) is 0.140. The van der Waals surface area contributed by atoms with Crippen LogP contribution >= 0.6 is 0 Å². The number of rotatable bonds is 6. The van der Waals surface area contributed by atoms with Gasteiger partial charge in [0, 0.05) is 17.7 Å². The van der Waals surface area contributed by atoms with Gasteiger partial charge in [-0.05, 0) is 51.8 Å². The second-order valence-corrected chi connectivity index (χ2v) is 6.95. The summed E-state index contributed by atoms with van der Waals surface area (Å²) in [6.45, 7) is 6.88. The molecule has 1 aromatic carbocycles. The smallest absolute Gasteiger partial charge is 0.251 e. The molecule has 1 aromatic rings. The molecule has 0 aromatic heterocycles. The number of benzene rings is 1. The summed E-state index contributed by atoms with van der Waals surface area (Å²) in [6, 6.07) is 6.93. The summed E-state index contributed by atoms with van der Waals surface area (Å²) < 4.78 is 11.2. The van der Waals surface area contributed by atoms with Crippen LogP contribution in [0.2, 0.25) is 0 Å². The fourth-order valence-electron chi connectivity index (χ4n) is 2.42. The van der Waals surface area contributed by atoms with E-state index in [1.54, 1.807) is 24.3 Å². The van der Waals surface area contributed by atoms with Crippen molar-refractivity contribution in [2.45, 2.75) is 45.3 Å². The minimum Gasteiger partial charge on any atom is -0.491 e. The van der Waals surface area contributed by atoms with Gasteiger partial charge >= 0.3 is 0 Å². The maximum Gasteiger partial charge on any atom is 0.251 e. The lowest BCUT2D eigenvalue weighted by molar-refractivity contribution is -0.121. The molecule has 24 heavy (non-hydrogen) atoms. The van der Waals surface area contributed by atoms with Gasteiger partial charge in [0.25, 0.3) is 5.91 Å². The van der Waals surface area contributed by atoms with E-state index in [9.17, 15) is 9.59 Å². The van der Waals surface area contributed by atoms with Crippen molar-refractivity contribution in [1.29, 1.82) is 0 Å². The fourth-order valence-corrected chi connectivity index (χ4v) is 2.42. The van der Waals surface area contributed by atoms with Crippen LogP contribution in [0.3, 0.4) is 0 Å². The molecule has 2 rings (SSSR count). The van der Waals surface area contributed by atoms with Crippen LogP contribution in [0.15, 0.2) is 24.3 Å². The van der Waals surface area contributed by atoms with E-state index in [1.807, 2.05) is 20.8 Å². The zero-order chi connectivity index (χ0) is 17.6. The predicted molar refractivity (Wildman–Crippen MR) is 91.1 cm³/mol. The van der Waals surface area contributed by atoms with Gasteiger partial charge in [-0.2, -0.15) is 0 Å². The molecule has 0 saturated carbocycles. The van der Waals surface area contributed by atoms with Crippen LogP contribution in [-0.2, 0) is 9.53 Å². The van der Waals surface area contributed by atoms with E-state index in [0.29, 0.717) is 17.9 Å². The first-order chi connectivity index (χ1) is 11.3. The Morgan fingerprint density at radius 2 is 2.12 bits per heavy atom. The van der Waals surface area contributed by atoms with Crippen LogP contribution in [0, 0.1) is 0 Å². The predicted octanol–water partition coefficient (Wildman–Crippen LogP) is 1.89. The van der Waals surface area contributed by atoms with Crippen LogP contribution in [0.1, 0.15) is 44.0 Å². The highest BCUT2D eigenvalue weighted by Crippen LogP contribution is 2.17. The Kier molecular flexibility index (Phi) is 6.20. The normalized spacial score (nSPS) is 17.4. The van der Waals surface area contributed by atoms with Crippen LogP contribution in [0.5, 0.6) is 5.75 Å². The molecule has 1 atom stereocenters. The minimum atomic E-state index is -0.322. The summed E-state index contributed by atoms with van der Waals surface area (Å²) in [4.78, 5) is 23.9. The number of amides is 2. The summed E-state index contributed by atoms with van der Waals surface area (Å²) in [7, 11) is 0. The molecule has 1 aliphatic heterocycles. The zero-order valence-corrected chi connectivity index (χ0v) is 14.6. The highest BCUT2D eigenvalue weighted by atomic mass is 16.5. The molecule has 2 N–H and O–H groups in total. The van der Waals surface area contributed by atoms with Gasteiger partial charge in [0.05, 0.1) is 12.6 Å². The average Bonchev–Trinajstić information content (AvgIpc) is 3.02. The molecule has 0 spiro atoms. The van der Waals surface area contributed by atoms with Crippen LogP contribution in [-0.4, -0.2) is 43.2 Å². The fraction of sp³-hybridized carbons (Fsp3) is 0.556. The van der Waals surface area contributed by atoms with Crippen molar-refractivity contribution in [3.8, 4) is 5.75 Å². The largest absolute Gasteiger partial charge is 0.491 e. The van der Waals surface area contributed by atoms with Gasteiger partial charge in [-0.1, -0.05) is 6.07 Å². The molecule has 6 heteroatoms. The summed E-state index contributed by atoms with van der Waals surface area (Å²) in [5.74, 6) is 0.0977. The van der Waals surface area contributed by atoms with Crippen LogP contribution in [0.25, 0.3) is 0 Å². The highest BCUT2D eigenvalue weighted by molar-refractivity contribution is 5.96. The molecule has 0 aliphatic carbocycles. The molecule has 1 saturated heterocycles. The van der Waals surface area contributed by atoms with Crippen molar-refractivity contribution in [3.05, 3.63) is 29.8 Å². The van der Waals surface area contributed by atoms with Gasteiger partial charge in [0.2, 0.25) is 5.91 Å². The first-order valence-electron chi connectivity index (χ1n) is 8.27.